The van der Waals surface area contributed by atoms with Crippen molar-refractivity contribution < 1.29 is 31.9 Å². The van der Waals surface area contributed by atoms with Gasteiger partial charge in [0.1, 0.15) is 5.82 Å². The van der Waals surface area contributed by atoms with Crippen molar-refractivity contribution in [3.63, 3.8) is 0 Å². The Morgan fingerprint density at radius 3 is 2.38 bits per heavy atom. The molecule has 0 spiro atoms. The number of nitrogens with one attached hydrogen (secondary N) is 1. The van der Waals surface area contributed by atoms with E-state index in [0.717, 1.165) is 12.1 Å². The van der Waals surface area contributed by atoms with E-state index < -0.39 is 46.1 Å². The Hall–Kier alpha value is -2.12. The summed E-state index contributed by atoms with van der Waals surface area (Å²) in [5, 5.41) is 2.47. The third kappa shape index (κ3) is 4.16. The van der Waals surface area contributed by atoms with E-state index in [1.165, 1.54) is 0 Å². The van der Waals surface area contributed by atoms with Crippen LogP contribution in [0.2, 0.25) is 0 Å². The fourth-order valence-electron chi connectivity index (χ4n) is 3.09. The van der Waals surface area contributed by atoms with Crippen molar-refractivity contribution >= 4 is 11.9 Å². The van der Waals surface area contributed by atoms with Gasteiger partial charge in [0.05, 0.1) is 5.56 Å². The van der Waals surface area contributed by atoms with Crippen molar-refractivity contribution in [1.82, 2.24) is 5.32 Å². The lowest BCUT2D eigenvalue weighted by atomic mass is 9.76. The number of alkyl halides is 3. The van der Waals surface area contributed by atoms with E-state index in [4.69, 9.17) is 4.74 Å². The van der Waals surface area contributed by atoms with Crippen molar-refractivity contribution in [1.29, 1.82) is 0 Å². The van der Waals surface area contributed by atoms with Gasteiger partial charge in [-0.1, -0.05) is 12.1 Å². The third-order valence-corrected chi connectivity index (χ3v) is 4.11. The molecule has 1 fully saturated rings. The summed E-state index contributed by atoms with van der Waals surface area (Å²) in [6.45, 7) is 4.98. The zero-order valence-electron chi connectivity index (χ0n) is 14.8. The molecule has 4 nitrogen and oxygen atoms in total. The molecule has 0 bridgehead atoms. The largest absolute Gasteiger partial charge is 0.430 e. The van der Waals surface area contributed by atoms with E-state index in [9.17, 15) is 27.2 Å². The van der Waals surface area contributed by atoms with Crippen LogP contribution in [-0.2, 0) is 21.3 Å². The highest BCUT2D eigenvalue weighted by atomic mass is 19.4. The summed E-state index contributed by atoms with van der Waals surface area (Å²) < 4.78 is 59.7. The molecule has 1 aliphatic rings. The van der Waals surface area contributed by atoms with Crippen LogP contribution in [0.25, 0.3) is 0 Å². The van der Waals surface area contributed by atoms with E-state index in [0.29, 0.717) is 18.9 Å². The standard InChI is InChI=1S/C18H21F4NO3/c1-16(2,3)23-15(25)26-17(10-5-4-9-13(17)24)11-7-6-8-12(19)14(11)18(20,21)22/h6-8H,4-5,9-10H2,1-3H3,(H,23,25). The lowest BCUT2D eigenvalue weighted by Crippen LogP contribution is -2.49. The lowest BCUT2D eigenvalue weighted by molar-refractivity contribution is -0.150. The number of amides is 1. The second-order valence-corrected chi connectivity index (χ2v) is 7.38. The van der Waals surface area contributed by atoms with Crippen LogP contribution in [0.3, 0.4) is 0 Å². The van der Waals surface area contributed by atoms with E-state index in [2.05, 4.69) is 5.32 Å². The van der Waals surface area contributed by atoms with Crippen LogP contribution in [-0.4, -0.2) is 17.4 Å². The number of alkyl carbamates (subject to hydrolysis) is 1. The number of ketones is 1. The third-order valence-electron chi connectivity index (χ3n) is 4.11. The second kappa shape index (κ2) is 6.89. The average Bonchev–Trinajstić information content (AvgIpc) is 2.46. The van der Waals surface area contributed by atoms with Crippen LogP contribution >= 0.6 is 0 Å². The number of Topliss-reactive ketones (excluding diaryl/α,β-unsaturated/α-hetero) is 1. The van der Waals surface area contributed by atoms with Gasteiger partial charge in [-0.25, -0.2) is 9.18 Å². The molecule has 26 heavy (non-hydrogen) atoms. The highest BCUT2D eigenvalue weighted by Gasteiger charge is 2.51. The number of hydrogen-bond donors (Lipinski definition) is 1. The van der Waals surface area contributed by atoms with Gasteiger partial charge in [-0.15, -0.1) is 0 Å². The molecular weight excluding hydrogens is 354 g/mol. The molecule has 1 unspecified atom stereocenters. The van der Waals surface area contributed by atoms with Gasteiger partial charge >= 0.3 is 12.3 Å². The number of ether oxygens (including phenoxy) is 1. The summed E-state index contributed by atoms with van der Waals surface area (Å²) in [6, 6.07) is 2.75. The Morgan fingerprint density at radius 2 is 1.85 bits per heavy atom. The Balaban J connectivity index is 2.59. The number of benzene rings is 1. The molecule has 1 aromatic rings. The van der Waals surface area contributed by atoms with Gasteiger partial charge < -0.3 is 10.1 Å². The molecule has 2 rings (SSSR count). The molecule has 1 saturated carbocycles. The molecule has 1 atom stereocenters. The molecule has 1 amide bonds. The van der Waals surface area contributed by atoms with Gasteiger partial charge in [-0.3, -0.25) is 4.79 Å². The first-order valence-electron chi connectivity index (χ1n) is 8.27. The Morgan fingerprint density at radius 1 is 1.19 bits per heavy atom. The number of halogens is 4. The minimum atomic E-state index is -5.03. The first-order chi connectivity index (χ1) is 11.9. The Labute approximate surface area is 148 Å². The van der Waals surface area contributed by atoms with Crippen LogP contribution < -0.4 is 5.32 Å². The molecule has 0 radical (unpaired) electrons. The maximum Gasteiger partial charge on any atom is 0.419 e. The minimum absolute atomic E-state index is 0.0450. The summed E-state index contributed by atoms with van der Waals surface area (Å²) in [6.07, 6.45) is -5.38. The predicted molar refractivity (Wildman–Crippen MR) is 85.9 cm³/mol. The average molecular weight is 375 g/mol. The predicted octanol–water partition coefficient (Wildman–Crippen LogP) is 4.71. The molecule has 0 aliphatic heterocycles. The Bertz CT molecular complexity index is 709. The van der Waals surface area contributed by atoms with Gasteiger partial charge in [-0.2, -0.15) is 13.2 Å². The fraction of sp³-hybridized carbons (Fsp3) is 0.556. The SMILES string of the molecule is CC(C)(C)NC(=O)OC1(c2cccc(F)c2C(F)(F)F)CCCCC1=O. The fourth-order valence-corrected chi connectivity index (χ4v) is 3.09. The van der Waals surface area contributed by atoms with E-state index >= 15 is 0 Å². The van der Waals surface area contributed by atoms with Gasteiger partial charge in [-0.05, 0) is 46.1 Å². The normalized spacial score (nSPS) is 21.4. The molecular formula is C18H21F4NO3. The summed E-state index contributed by atoms with van der Waals surface area (Å²) in [4.78, 5) is 24.8. The van der Waals surface area contributed by atoms with Gasteiger partial charge in [0.2, 0.25) is 0 Å². The smallest absolute Gasteiger partial charge is 0.419 e. The quantitative estimate of drug-likeness (QED) is 0.762. The van der Waals surface area contributed by atoms with Crippen LogP contribution in [0.4, 0.5) is 22.4 Å². The number of rotatable bonds is 2. The minimum Gasteiger partial charge on any atom is -0.430 e. The van der Waals surface area contributed by atoms with E-state index in [-0.39, 0.29) is 12.8 Å². The van der Waals surface area contributed by atoms with Crippen molar-refractivity contribution in [2.75, 3.05) is 0 Å². The summed E-state index contributed by atoms with van der Waals surface area (Å²) in [7, 11) is 0. The van der Waals surface area contributed by atoms with Crippen molar-refractivity contribution in [2.45, 2.75) is 63.8 Å². The molecule has 144 valence electrons. The molecule has 8 heteroatoms. The zero-order chi connectivity index (χ0) is 19.8. The molecule has 0 heterocycles. The second-order valence-electron chi connectivity index (χ2n) is 7.38. The van der Waals surface area contributed by atoms with Crippen LogP contribution in [0.1, 0.15) is 57.6 Å². The lowest BCUT2D eigenvalue weighted by Gasteiger charge is -2.37. The van der Waals surface area contributed by atoms with Gasteiger partial charge in [0.15, 0.2) is 11.4 Å². The topological polar surface area (TPSA) is 55.4 Å². The summed E-state index contributed by atoms with van der Waals surface area (Å²) in [5.41, 5.74) is -5.09. The summed E-state index contributed by atoms with van der Waals surface area (Å²) in [5.74, 6) is -2.17. The van der Waals surface area contributed by atoms with Crippen molar-refractivity contribution in [3.8, 4) is 0 Å². The molecule has 1 N–H and O–H groups in total. The molecule has 1 aromatic carbocycles. The first kappa shape index (κ1) is 20.2. The Kier molecular flexibility index (Phi) is 5.35. The van der Waals surface area contributed by atoms with Crippen LogP contribution in [0.15, 0.2) is 18.2 Å². The maximum absolute atomic E-state index is 14.0. The highest BCUT2D eigenvalue weighted by molar-refractivity contribution is 5.91. The number of carbonyl (C=O) groups is 2. The molecule has 0 saturated heterocycles. The monoisotopic (exact) mass is 375 g/mol. The maximum atomic E-state index is 14.0. The van der Waals surface area contributed by atoms with E-state index in [1.54, 1.807) is 20.8 Å². The molecule has 0 aromatic heterocycles. The van der Waals surface area contributed by atoms with Crippen LogP contribution in [0, 0.1) is 5.82 Å². The van der Waals surface area contributed by atoms with E-state index in [1.807, 2.05) is 0 Å². The van der Waals surface area contributed by atoms with Gasteiger partial charge in [0.25, 0.3) is 0 Å². The van der Waals surface area contributed by atoms with Crippen molar-refractivity contribution in [3.05, 3.63) is 35.1 Å². The number of hydrogen-bond acceptors (Lipinski definition) is 3. The molecule has 1 aliphatic carbocycles. The highest BCUT2D eigenvalue weighted by Crippen LogP contribution is 2.45. The van der Waals surface area contributed by atoms with Gasteiger partial charge in [0, 0.05) is 17.5 Å². The van der Waals surface area contributed by atoms with Crippen LogP contribution in [0.5, 0.6) is 0 Å². The summed E-state index contributed by atoms with van der Waals surface area (Å²) >= 11 is 0. The zero-order valence-corrected chi connectivity index (χ0v) is 14.8. The van der Waals surface area contributed by atoms with Crippen molar-refractivity contribution in [2.24, 2.45) is 0 Å². The first-order valence-corrected chi connectivity index (χ1v) is 8.27. The number of carbonyl (C=O) groups excluding carboxylic acids is 2.